The number of aryl methyl sites for hydroxylation is 1. The maximum Gasteiger partial charge on any atom is 0.338 e. The second kappa shape index (κ2) is 10.6. The molecule has 3 aromatic rings. The molecule has 0 aliphatic carbocycles. The van der Waals surface area contributed by atoms with Crippen LogP contribution in [0.15, 0.2) is 41.2 Å². The maximum absolute atomic E-state index is 13.0. The minimum Gasteiger partial charge on any atom is -0.497 e. The number of carbonyl (C=O) groups is 2. The SMILES string of the molecule is COc1ccc(OC)c(NC(=O)C(C)OC(=O)c2ccc3c(=O)n4c(nc3c2)CCCCCC4)c1. The third kappa shape index (κ3) is 5.29. The topological polar surface area (TPSA) is 109 Å². The van der Waals surface area contributed by atoms with Gasteiger partial charge in [-0.2, -0.15) is 0 Å². The first-order valence-corrected chi connectivity index (χ1v) is 11.7. The van der Waals surface area contributed by atoms with E-state index in [2.05, 4.69) is 10.3 Å². The molecular weight excluding hydrogens is 450 g/mol. The highest BCUT2D eigenvalue weighted by Gasteiger charge is 2.22. The van der Waals surface area contributed by atoms with E-state index in [0.29, 0.717) is 34.6 Å². The molecule has 0 saturated heterocycles. The van der Waals surface area contributed by atoms with Crippen molar-refractivity contribution in [2.75, 3.05) is 19.5 Å². The predicted molar refractivity (Wildman–Crippen MR) is 131 cm³/mol. The normalized spacial score (nSPS) is 14.3. The zero-order valence-corrected chi connectivity index (χ0v) is 20.1. The van der Waals surface area contributed by atoms with E-state index < -0.39 is 18.0 Å². The van der Waals surface area contributed by atoms with Gasteiger partial charge in [0.2, 0.25) is 0 Å². The smallest absolute Gasteiger partial charge is 0.338 e. The summed E-state index contributed by atoms with van der Waals surface area (Å²) < 4.78 is 17.6. The Bertz CT molecular complexity index is 1320. The highest BCUT2D eigenvalue weighted by atomic mass is 16.5. The van der Waals surface area contributed by atoms with E-state index in [9.17, 15) is 14.4 Å². The van der Waals surface area contributed by atoms with Crippen LogP contribution in [0.5, 0.6) is 11.5 Å². The number of esters is 1. The quantitative estimate of drug-likeness (QED) is 0.537. The highest BCUT2D eigenvalue weighted by Crippen LogP contribution is 2.29. The summed E-state index contributed by atoms with van der Waals surface area (Å²) in [6.45, 7) is 2.14. The average molecular weight is 480 g/mol. The molecule has 184 valence electrons. The summed E-state index contributed by atoms with van der Waals surface area (Å²) in [4.78, 5) is 43.1. The predicted octanol–water partition coefficient (Wildman–Crippen LogP) is 3.71. The molecule has 2 heterocycles. The van der Waals surface area contributed by atoms with Crippen molar-refractivity contribution in [1.29, 1.82) is 0 Å². The molecule has 9 nitrogen and oxygen atoms in total. The first-order valence-electron chi connectivity index (χ1n) is 11.7. The molecule has 0 fully saturated rings. The molecule has 1 unspecified atom stereocenters. The standard InChI is InChI=1S/C26H29N3O6/c1-16(24(30)28-21-15-18(33-2)10-12-22(21)34-3)35-26(32)17-9-11-19-20(14-17)27-23-8-6-4-5-7-13-29(23)25(19)31/h9-12,14-16H,4-8,13H2,1-3H3,(H,28,30). The van der Waals surface area contributed by atoms with E-state index in [1.807, 2.05) is 0 Å². The third-order valence-electron chi connectivity index (χ3n) is 6.12. The second-order valence-corrected chi connectivity index (χ2v) is 8.48. The van der Waals surface area contributed by atoms with Crippen molar-refractivity contribution in [2.45, 2.75) is 51.7 Å². The van der Waals surface area contributed by atoms with E-state index >= 15 is 0 Å². The lowest BCUT2D eigenvalue weighted by Crippen LogP contribution is -2.30. The number of carbonyl (C=O) groups excluding carboxylic acids is 2. The number of methoxy groups -OCH3 is 2. The third-order valence-corrected chi connectivity index (χ3v) is 6.12. The van der Waals surface area contributed by atoms with Gasteiger partial charge in [0.1, 0.15) is 17.3 Å². The number of hydrogen-bond donors (Lipinski definition) is 1. The molecule has 0 spiro atoms. The summed E-state index contributed by atoms with van der Waals surface area (Å²) in [5.74, 6) is 0.523. The van der Waals surface area contributed by atoms with Crippen molar-refractivity contribution in [1.82, 2.24) is 9.55 Å². The summed E-state index contributed by atoms with van der Waals surface area (Å²) in [6, 6.07) is 9.66. The van der Waals surface area contributed by atoms with Crippen LogP contribution in [-0.2, 0) is 22.5 Å². The van der Waals surface area contributed by atoms with Gasteiger partial charge in [-0.25, -0.2) is 9.78 Å². The van der Waals surface area contributed by atoms with Crippen LogP contribution in [0.2, 0.25) is 0 Å². The van der Waals surface area contributed by atoms with E-state index in [-0.39, 0.29) is 11.1 Å². The number of aromatic nitrogens is 2. The van der Waals surface area contributed by atoms with Crippen molar-refractivity contribution < 1.29 is 23.8 Å². The lowest BCUT2D eigenvalue weighted by molar-refractivity contribution is -0.123. The summed E-state index contributed by atoms with van der Waals surface area (Å²) in [5, 5.41) is 3.16. The van der Waals surface area contributed by atoms with Crippen LogP contribution in [0.25, 0.3) is 10.9 Å². The first-order chi connectivity index (χ1) is 16.9. The number of nitrogens with zero attached hydrogens (tertiary/aromatic N) is 2. The minimum atomic E-state index is -1.08. The van der Waals surface area contributed by atoms with E-state index in [1.54, 1.807) is 34.9 Å². The fourth-order valence-corrected chi connectivity index (χ4v) is 4.15. The molecule has 4 rings (SSSR count). The molecule has 2 aromatic carbocycles. The second-order valence-electron chi connectivity index (χ2n) is 8.48. The molecule has 1 N–H and O–H groups in total. The summed E-state index contributed by atoms with van der Waals surface area (Å²) in [7, 11) is 3.00. The number of anilines is 1. The van der Waals surface area contributed by atoms with Gasteiger partial charge in [-0.15, -0.1) is 0 Å². The van der Waals surface area contributed by atoms with Gasteiger partial charge in [0, 0.05) is 19.0 Å². The molecule has 1 aliphatic heterocycles. The van der Waals surface area contributed by atoms with Crippen molar-refractivity contribution >= 4 is 28.5 Å². The molecule has 1 amide bonds. The Hall–Kier alpha value is -3.88. The zero-order chi connectivity index (χ0) is 24.9. The van der Waals surface area contributed by atoms with Gasteiger partial charge in [-0.1, -0.05) is 12.8 Å². The number of fused-ring (bicyclic) bond motifs is 2. The van der Waals surface area contributed by atoms with Gasteiger partial charge in [0.15, 0.2) is 6.10 Å². The van der Waals surface area contributed by atoms with Crippen LogP contribution in [0.3, 0.4) is 0 Å². The highest BCUT2D eigenvalue weighted by molar-refractivity contribution is 5.99. The van der Waals surface area contributed by atoms with Gasteiger partial charge in [-0.05, 0) is 50.1 Å². The Labute approximate surface area is 203 Å². The number of rotatable bonds is 6. The van der Waals surface area contributed by atoms with Gasteiger partial charge >= 0.3 is 5.97 Å². The Balaban J connectivity index is 1.51. The first kappa shape index (κ1) is 24.3. The zero-order valence-electron chi connectivity index (χ0n) is 20.1. The van der Waals surface area contributed by atoms with E-state index in [0.717, 1.165) is 37.9 Å². The van der Waals surface area contributed by atoms with Crippen molar-refractivity contribution in [3.05, 3.63) is 58.1 Å². The van der Waals surface area contributed by atoms with E-state index in [1.165, 1.54) is 27.2 Å². The summed E-state index contributed by atoms with van der Waals surface area (Å²) in [6.07, 6.45) is 3.79. The average Bonchev–Trinajstić information content (AvgIpc) is 2.84. The Morgan fingerprint density at radius 1 is 1.03 bits per heavy atom. The fourth-order valence-electron chi connectivity index (χ4n) is 4.15. The monoisotopic (exact) mass is 479 g/mol. The van der Waals surface area contributed by atoms with Crippen molar-refractivity contribution in [2.24, 2.45) is 0 Å². The summed E-state index contributed by atoms with van der Waals surface area (Å²) in [5.41, 5.74) is 0.978. The number of nitrogens with one attached hydrogen (secondary N) is 1. The molecule has 35 heavy (non-hydrogen) atoms. The lowest BCUT2D eigenvalue weighted by atomic mass is 10.1. The summed E-state index contributed by atoms with van der Waals surface area (Å²) >= 11 is 0. The molecular formula is C26H29N3O6. The molecule has 1 atom stereocenters. The molecule has 9 heteroatoms. The van der Waals surface area contributed by atoms with Crippen LogP contribution in [0, 0.1) is 0 Å². The van der Waals surface area contributed by atoms with Crippen LogP contribution in [0.1, 0.15) is 48.8 Å². The van der Waals surface area contributed by atoms with E-state index in [4.69, 9.17) is 14.2 Å². The van der Waals surface area contributed by atoms with Crippen LogP contribution < -0.4 is 20.3 Å². The Morgan fingerprint density at radius 3 is 2.60 bits per heavy atom. The maximum atomic E-state index is 13.0. The number of amides is 1. The molecule has 0 saturated carbocycles. The van der Waals surface area contributed by atoms with Crippen molar-refractivity contribution in [3.8, 4) is 11.5 Å². The molecule has 1 aliphatic rings. The fraction of sp³-hybridized carbons (Fsp3) is 0.385. The number of benzene rings is 2. The molecule has 0 radical (unpaired) electrons. The van der Waals surface area contributed by atoms with Gasteiger partial charge in [-0.3, -0.25) is 14.2 Å². The van der Waals surface area contributed by atoms with Gasteiger partial charge in [0.05, 0.1) is 36.4 Å². The minimum absolute atomic E-state index is 0.0909. The number of ether oxygens (including phenoxy) is 3. The number of hydrogen-bond acceptors (Lipinski definition) is 7. The van der Waals surface area contributed by atoms with Crippen LogP contribution in [-0.4, -0.2) is 41.8 Å². The molecule has 0 bridgehead atoms. The van der Waals surface area contributed by atoms with Crippen LogP contribution in [0.4, 0.5) is 5.69 Å². The Morgan fingerprint density at radius 2 is 1.83 bits per heavy atom. The van der Waals surface area contributed by atoms with Crippen LogP contribution >= 0.6 is 0 Å². The largest absolute Gasteiger partial charge is 0.497 e. The molecule has 1 aromatic heterocycles. The van der Waals surface area contributed by atoms with Crippen molar-refractivity contribution in [3.63, 3.8) is 0 Å². The lowest BCUT2D eigenvalue weighted by Gasteiger charge is -2.17. The van der Waals surface area contributed by atoms with Gasteiger partial charge < -0.3 is 19.5 Å². The Kier molecular flexibility index (Phi) is 7.33. The van der Waals surface area contributed by atoms with Gasteiger partial charge in [0.25, 0.3) is 11.5 Å².